The Morgan fingerprint density at radius 1 is 1.47 bits per heavy atom. The molecule has 2 rings (SSSR count). The fourth-order valence-corrected chi connectivity index (χ4v) is 1.25. The van der Waals surface area contributed by atoms with E-state index in [9.17, 15) is 4.39 Å². The van der Waals surface area contributed by atoms with Gasteiger partial charge in [-0.3, -0.25) is 0 Å². The molecule has 4 N–H and O–H groups in total. The SMILES string of the molecule is Nc1ccc(NCc2ncc[nH]2)c(F)c1. The minimum atomic E-state index is -0.360. The van der Waals surface area contributed by atoms with Crippen molar-refractivity contribution in [2.75, 3.05) is 11.1 Å². The van der Waals surface area contributed by atoms with E-state index >= 15 is 0 Å². The van der Waals surface area contributed by atoms with Crippen molar-refractivity contribution in [3.63, 3.8) is 0 Å². The zero-order valence-electron chi connectivity index (χ0n) is 8.00. The minimum Gasteiger partial charge on any atom is -0.399 e. The fourth-order valence-electron chi connectivity index (χ4n) is 1.25. The highest BCUT2D eigenvalue weighted by molar-refractivity contribution is 5.52. The average molecular weight is 206 g/mol. The lowest BCUT2D eigenvalue weighted by atomic mass is 10.2. The Morgan fingerprint density at radius 3 is 3.00 bits per heavy atom. The normalized spacial score (nSPS) is 10.2. The van der Waals surface area contributed by atoms with Crippen LogP contribution in [0.1, 0.15) is 5.82 Å². The summed E-state index contributed by atoms with van der Waals surface area (Å²) in [6.07, 6.45) is 3.37. The quantitative estimate of drug-likeness (QED) is 0.670. The van der Waals surface area contributed by atoms with Gasteiger partial charge in [0.2, 0.25) is 0 Å². The molecule has 0 unspecified atom stereocenters. The summed E-state index contributed by atoms with van der Waals surface area (Å²) in [5, 5.41) is 2.92. The van der Waals surface area contributed by atoms with Crippen LogP contribution in [-0.4, -0.2) is 9.97 Å². The van der Waals surface area contributed by atoms with Crippen molar-refractivity contribution in [3.05, 3.63) is 42.2 Å². The monoisotopic (exact) mass is 206 g/mol. The Morgan fingerprint density at radius 2 is 2.33 bits per heavy atom. The molecule has 0 bridgehead atoms. The number of anilines is 2. The molecule has 4 nitrogen and oxygen atoms in total. The number of hydrogen-bond donors (Lipinski definition) is 3. The molecule has 0 radical (unpaired) electrons. The van der Waals surface area contributed by atoms with Gasteiger partial charge in [-0.25, -0.2) is 9.37 Å². The highest BCUT2D eigenvalue weighted by Crippen LogP contribution is 2.17. The second-order valence-electron chi connectivity index (χ2n) is 3.13. The molecular weight excluding hydrogens is 195 g/mol. The molecule has 2 aromatic rings. The van der Waals surface area contributed by atoms with Crippen molar-refractivity contribution in [2.45, 2.75) is 6.54 Å². The summed E-state index contributed by atoms with van der Waals surface area (Å²) in [7, 11) is 0. The molecule has 0 aliphatic rings. The molecule has 78 valence electrons. The van der Waals surface area contributed by atoms with Crippen LogP contribution in [0, 0.1) is 5.82 Å². The second-order valence-corrected chi connectivity index (χ2v) is 3.13. The average Bonchev–Trinajstić information content (AvgIpc) is 2.69. The van der Waals surface area contributed by atoms with E-state index in [2.05, 4.69) is 15.3 Å². The van der Waals surface area contributed by atoms with Crippen LogP contribution in [0.5, 0.6) is 0 Å². The summed E-state index contributed by atoms with van der Waals surface area (Å²) >= 11 is 0. The molecule has 1 aromatic heterocycles. The predicted octanol–water partition coefficient (Wildman–Crippen LogP) is 1.74. The summed E-state index contributed by atoms with van der Waals surface area (Å²) in [4.78, 5) is 6.93. The number of imidazole rings is 1. The van der Waals surface area contributed by atoms with Crippen LogP contribution in [0.25, 0.3) is 0 Å². The first-order valence-corrected chi connectivity index (χ1v) is 4.53. The first-order chi connectivity index (χ1) is 7.25. The highest BCUT2D eigenvalue weighted by atomic mass is 19.1. The van der Waals surface area contributed by atoms with E-state index < -0.39 is 0 Å². The highest BCUT2D eigenvalue weighted by Gasteiger charge is 2.02. The summed E-state index contributed by atoms with van der Waals surface area (Å²) in [5.74, 6) is 0.396. The summed E-state index contributed by atoms with van der Waals surface area (Å²) in [6.45, 7) is 0.452. The van der Waals surface area contributed by atoms with Crippen molar-refractivity contribution in [3.8, 4) is 0 Å². The van der Waals surface area contributed by atoms with E-state index in [1.807, 2.05) is 0 Å². The molecule has 0 saturated carbocycles. The van der Waals surface area contributed by atoms with E-state index in [0.717, 1.165) is 5.82 Å². The lowest BCUT2D eigenvalue weighted by molar-refractivity contribution is 0.630. The molecule has 0 aliphatic carbocycles. The molecule has 0 aliphatic heterocycles. The Kier molecular flexibility index (Phi) is 2.53. The van der Waals surface area contributed by atoms with Crippen LogP contribution in [0.15, 0.2) is 30.6 Å². The number of H-pyrrole nitrogens is 1. The minimum absolute atomic E-state index is 0.360. The second kappa shape index (κ2) is 4.00. The maximum atomic E-state index is 13.3. The van der Waals surface area contributed by atoms with Gasteiger partial charge in [0.25, 0.3) is 0 Å². The van der Waals surface area contributed by atoms with E-state index in [4.69, 9.17) is 5.73 Å². The topological polar surface area (TPSA) is 66.7 Å². The Balaban J connectivity index is 2.05. The van der Waals surface area contributed by atoms with Crippen LogP contribution in [0.2, 0.25) is 0 Å². The van der Waals surface area contributed by atoms with Gasteiger partial charge in [0.15, 0.2) is 0 Å². The molecule has 1 heterocycles. The standard InChI is InChI=1S/C10H11FN4/c11-8-5-7(12)1-2-9(8)15-6-10-13-3-4-14-10/h1-5,15H,6,12H2,(H,13,14). The number of rotatable bonds is 3. The number of aromatic nitrogens is 2. The molecule has 1 aromatic carbocycles. The van der Waals surface area contributed by atoms with Crippen molar-refractivity contribution in [1.82, 2.24) is 9.97 Å². The van der Waals surface area contributed by atoms with Gasteiger partial charge in [0.1, 0.15) is 11.6 Å². The Hall–Kier alpha value is -2.04. The first-order valence-electron chi connectivity index (χ1n) is 4.53. The van der Waals surface area contributed by atoms with Gasteiger partial charge >= 0.3 is 0 Å². The van der Waals surface area contributed by atoms with Gasteiger partial charge in [-0.05, 0) is 18.2 Å². The molecule has 0 spiro atoms. The number of halogens is 1. The molecule has 0 atom stereocenters. The van der Waals surface area contributed by atoms with Gasteiger partial charge in [0.05, 0.1) is 12.2 Å². The van der Waals surface area contributed by atoms with Crippen molar-refractivity contribution in [1.29, 1.82) is 0 Å². The lowest BCUT2D eigenvalue weighted by Gasteiger charge is -2.06. The Bertz CT molecular complexity index is 439. The maximum absolute atomic E-state index is 13.3. The number of benzene rings is 1. The maximum Gasteiger partial charge on any atom is 0.148 e. The summed E-state index contributed by atoms with van der Waals surface area (Å²) < 4.78 is 13.3. The number of nitrogens with two attached hydrogens (primary N) is 1. The van der Waals surface area contributed by atoms with Gasteiger partial charge in [-0.15, -0.1) is 0 Å². The number of hydrogen-bond acceptors (Lipinski definition) is 3. The molecular formula is C10H11FN4. The largest absolute Gasteiger partial charge is 0.399 e. The molecule has 0 fully saturated rings. The van der Waals surface area contributed by atoms with E-state index in [1.54, 1.807) is 24.5 Å². The van der Waals surface area contributed by atoms with E-state index in [0.29, 0.717) is 17.9 Å². The van der Waals surface area contributed by atoms with Crippen molar-refractivity contribution in [2.24, 2.45) is 0 Å². The van der Waals surface area contributed by atoms with E-state index in [-0.39, 0.29) is 5.82 Å². The van der Waals surface area contributed by atoms with Gasteiger partial charge < -0.3 is 16.0 Å². The smallest absolute Gasteiger partial charge is 0.148 e. The number of nitrogens with zero attached hydrogens (tertiary/aromatic N) is 1. The van der Waals surface area contributed by atoms with Crippen LogP contribution >= 0.6 is 0 Å². The van der Waals surface area contributed by atoms with E-state index in [1.165, 1.54) is 6.07 Å². The number of nitrogen functional groups attached to an aromatic ring is 1. The lowest BCUT2D eigenvalue weighted by Crippen LogP contribution is -2.03. The van der Waals surface area contributed by atoms with Gasteiger partial charge in [-0.2, -0.15) is 0 Å². The molecule has 0 amide bonds. The van der Waals surface area contributed by atoms with Crippen molar-refractivity contribution >= 4 is 11.4 Å². The first kappa shape index (κ1) is 9.51. The molecule has 5 heteroatoms. The zero-order chi connectivity index (χ0) is 10.7. The van der Waals surface area contributed by atoms with Gasteiger partial charge in [-0.1, -0.05) is 0 Å². The van der Waals surface area contributed by atoms with Crippen LogP contribution in [0.3, 0.4) is 0 Å². The molecule has 15 heavy (non-hydrogen) atoms. The third-order valence-corrected chi connectivity index (χ3v) is 1.99. The third kappa shape index (κ3) is 2.25. The number of nitrogens with one attached hydrogen (secondary N) is 2. The zero-order valence-corrected chi connectivity index (χ0v) is 8.00. The summed E-state index contributed by atoms with van der Waals surface area (Å²) in [5.41, 5.74) is 6.26. The predicted molar refractivity (Wildman–Crippen MR) is 56.7 cm³/mol. The molecule has 0 saturated heterocycles. The van der Waals surface area contributed by atoms with Gasteiger partial charge in [0, 0.05) is 18.1 Å². The third-order valence-electron chi connectivity index (χ3n) is 1.99. The Labute approximate surface area is 86.3 Å². The number of aromatic amines is 1. The van der Waals surface area contributed by atoms with Crippen LogP contribution in [-0.2, 0) is 6.54 Å². The van der Waals surface area contributed by atoms with Crippen LogP contribution in [0.4, 0.5) is 15.8 Å². The van der Waals surface area contributed by atoms with Crippen molar-refractivity contribution < 1.29 is 4.39 Å². The van der Waals surface area contributed by atoms with Crippen LogP contribution < -0.4 is 11.1 Å². The fraction of sp³-hybridized carbons (Fsp3) is 0.100. The summed E-state index contributed by atoms with van der Waals surface area (Å²) in [6, 6.07) is 4.53.